The molecule has 6 heteroatoms. The predicted molar refractivity (Wildman–Crippen MR) is 154 cm³/mol. The number of hydrogen-bond acceptors (Lipinski definition) is 4. The lowest BCUT2D eigenvalue weighted by Crippen LogP contribution is -2.15. The third-order valence-corrected chi connectivity index (χ3v) is 10.9. The van der Waals surface area contributed by atoms with Crippen LogP contribution in [0.15, 0.2) is 34.1 Å². The molecule has 0 heterocycles. The van der Waals surface area contributed by atoms with Crippen molar-refractivity contribution in [2.24, 2.45) is 0 Å². The molecule has 0 atom stereocenters. The molecule has 0 spiro atoms. The van der Waals surface area contributed by atoms with Crippen LogP contribution in [0.5, 0.6) is 0 Å². The Labute approximate surface area is 223 Å². The van der Waals surface area contributed by atoms with Gasteiger partial charge in [-0.05, 0) is 25.0 Å². The van der Waals surface area contributed by atoms with Crippen LogP contribution in [0.1, 0.15) is 142 Å². The normalized spacial score (nSPS) is 12.3. The summed E-state index contributed by atoms with van der Waals surface area (Å²) in [5, 5.41) is 0. The van der Waals surface area contributed by atoms with Gasteiger partial charge in [0.2, 0.25) is 0 Å². The van der Waals surface area contributed by atoms with E-state index in [1.165, 1.54) is 89.2 Å². The maximum Gasteiger partial charge on any atom is 0.179 e. The van der Waals surface area contributed by atoms with Gasteiger partial charge in [-0.25, -0.2) is 16.8 Å². The zero-order chi connectivity index (χ0) is 26.5. The van der Waals surface area contributed by atoms with E-state index in [9.17, 15) is 16.8 Å². The predicted octanol–water partition coefficient (Wildman–Crippen LogP) is 9.08. The first-order valence-corrected chi connectivity index (χ1v) is 18.2. The third-order valence-electron chi connectivity index (χ3n) is 7.05. The van der Waals surface area contributed by atoms with Crippen LogP contribution in [0.3, 0.4) is 0 Å². The summed E-state index contributed by atoms with van der Waals surface area (Å²) in [5.74, 6) is 0.0442. The Morgan fingerprint density at radius 2 is 0.667 bits per heavy atom. The SMILES string of the molecule is CCCCCCCCCCCCS(=O)(=O)c1ccccc1S(=O)(=O)CCCCCCCCCCCC. The van der Waals surface area contributed by atoms with Crippen LogP contribution in [-0.4, -0.2) is 28.3 Å². The molecule has 0 amide bonds. The van der Waals surface area contributed by atoms with Gasteiger partial charge in [-0.2, -0.15) is 0 Å². The lowest BCUT2D eigenvalue weighted by Gasteiger charge is -2.11. The fourth-order valence-corrected chi connectivity index (χ4v) is 8.43. The number of sulfone groups is 2. The van der Waals surface area contributed by atoms with Gasteiger partial charge in [0.1, 0.15) is 0 Å². The Morgan fingerprint density at radius 1 is 0.417 bits per heavy atom. The Hall–Kier alpha value is -0.880. The maximum absolute atomic E-state index is 13.0. The largest absolute Gasteiger partial charge is 0.224 e. The molecule has 0 aliphatic carbocycles. The van der Waals surface area contributed by atoms with E-state index >= 15 is 0 Å². The first-order chi connectivity index (χ1) is 17.3. The first-order valence-electron chi connectivity index (χ1n) is 14.9. The van der Waals surface area contributed by atoms with Gasteiger partial charge in [0, 0.05) is 0 Å². The lowest BCUT2D eigenvalue weighted by molar-refractivity contribution is 0.555. The zero-order valence-electron chi connectivity index (χ0n) is 23.3. The van der Waals surface area contributed by atoms with E-state index in [4.69, 9.17) is 0 Å². The van der Waals surface area contributed by atoms with Crippen molar-refractivity contribution in [3.05, 3.63) is 24.3 Å². The Morgan fingerprint density at radius 3 is 0.944 bits per heavy atom. The zero-order valence-corrected chi connectivity index (χ0v) is 24.9. The Balaban J connectivity index is 2.40. The lowest BCUT2D eigenvalue weighted by atomic mass is 10.1. The van der Waals surface area contributed by atoms with Crippen molar-refractivity contribution in [1.29, 1.82) is 0 Å². The van der Waals surface area contributed by atoms with E-state index in [2.05, 4.69) is 13.8 Å². The summed E-state index contributed by atoms with van der Waals surface area (Å²) in [6.07, 6.45) is 22.7. The minimum atomic E-state index is -3.61. The summed E-state index contributed by atoms with van der Waals surface area (Å²) in [5.41, 5.74) is 0. The highest BCUT2D eigenvalue weighted by atomic mass is 32.2. The second-order valence-electron chi connectivity index (χ2n) is 10.4. The smallest absolute Gasteiger partial charge is 0.179 e. The van der Waals surface area contributed by atoms with Crippen LogP contribution in [0.2, 0.25) is 0 Å². The third kappa shape index (κ3) is 14.8. The summed E-state index contributed by atoms with van der Waals surface area (Å²) in [4.78, 5) is -0.0130. The molecule has 36 heavy (non-hydrogen) atoms. The topological polar surface area (TPSA) is 68.3 Å². The minimum Gasteiger partial charge on any atom is -0.224 e. The molecule has 0 fully saturated rings. The fraction of sp³-hybridized carbons (Fsp3) is 0.800. The molecule has 1 aromatic rings. The van der Waals surface area contributed by atoms with Crippen molar-refractivity contribution in [3.63, 3.8) is 0 Å². The quantitative estimate of drug-likeness (QED) is 0.122. The molecule has 210 valence electrons. The van der Waals surface area contributed by atoms with E-state index in [1.807, 2.05) is 0 Å². The second kappa shape index (κ2) is 20.1. The molecule has 0 bridgehead atoms. The van der Waals surface area contributed by atoms with Crippen LogP contribution >= 0.6 is 0 Å². The summed E-state index contributed by atoms with van der Waals surface area (Å²) >= 11 is 0. The molecule has 0 N–H and O–H groups in total. The van der Waals surface area contributed by atoms with Crippen molar-refractivity contribution in [3.8, 4) is 0 Å². The second-order valence-corrected chi connectivity index (χ2v) is 14.6. The van der Waals surface area contributed by atoms with E-state index in [0.717, 1.165) is 38.5 Å². The van der Waals surface area contributed by atoms with E-state index in [-0.39, 0.29) is 21.3 Å². The van der Waals surface area contributed by atoms with Gasteiger partial charge in [0.25, 0.3) is 0 Å². The van der Waals surface area contributed by atoms with Crippen LogP contribution in [0.4, 0.5) is 0 Å². The average Bonchev–Trinajstić information content (AvgIpc) is 2.86. The van der Waals surface area contributed by atoms with Crippen LogP contribution in [0.25, 0.3) is 0 Å². The molecule has 4 nitrogen and oxygen atoms in total. The van der Waals surface area contributed by atoms with Gasteiger partial charge >= 0.3 is 0 Å². The molecule has 0 radical (unpaired) electrons. The molecule has 0 aliphatic heterocycles. The van der Waals surface area contributed by atoms with Crippen molar-refractivity contribution >= 4 is 19.7 Å². The molecule has 0 saturated carbocycles. The standard InChI is InChI=1S/C30H54O4S2/c1-3-5-7-9-11-13-15-17-19-23-27-35(31,32)29-25-21-22-26-30(29)36(33,34)28-24-20-18-16-14-12-10-8-6-4-2/h21-22,25-26H,3-20,23-24,27-28H2,1-2H3. The molecular weight excluding hydrogens is 488 g/mol. The van der Waals surface area contributed by atoms with Gasteiger partial charge in [0.05, 0.1) is 21.3 Å². The number of hydrogen-bond donors (Lipinski definition) is 0. The summed E-state index contributed by atoms with van der Waals surface area (Å²) in [6, 6.07) is 6.20. The number of benzene rings is 1. The van der Waals surface area contributed by atoms with Gasteiger partial charge in [0.15, 0.2) is 19.7 Å². The van der Waals surface area contributed by atoms with Crippen LogP contribution in [0, 0.1) is 0 Å². The van der Waals surface area contributed by atoms with E-state index in [1.54, 1.807) is 12.1 Å². The summed E-state index contributed by atoms with van der Waals surface area (Å²) in [6.45, 7) is 4.45. The Kier molecular flexibility index (Phi) is 18.5. The highest BCUT2D eigenvalue weighted by molar-refractivity contribution is 7.94. The highest BCUT2D eigenvalue weighted by Crippen LogP contribution is 2.25. The fourth-order valence-electron chi connectivity index (χ4n) is 4.74. The monoisotopic (exact) mass is 542 g/mol. The van der Waals surface area contributed by atoms with Crippen LogP contribution < -0.4 is 0 Å². The van der Waals surface area contributed by atoms with Gasteiger partial charge in [-0.15, -0.1) is 0 Å². The summed E-state index contributed by atoms with van der Waals surface area (Å²) < 4.78 is 52.1. The molecule has 0 saturated heterocycles. The molecule has 1 rings (SSSR count). The molecular formula is C30H54O4S2. The molecule has 0 aromatic heterocycles. The summed E-state index contributed by atoms with van der Waals surface area (Å²) in [7, 11) is -7.23. The van der Waals surface area contributed by atoms with Crippen molar-refractivity contribution < 1.29 is 16.8 Å². The number of rotatable bonds is 24. The Bertz CT molecular complexity index is 803. The maximum atomic E-state index is 13.0. The van der Waals surface area contributed by atoms with Crippen molar-refractivity contribution in [2.45, 2.75) is 152 Å². The first kappa shape index (κ1) is 33.1. The van der Waals surface area contributed by atoms with Gasteiger partial charge in [-0.3, -0.25) is 0 Å². The van der Waals surface area contributed by atoms with Crippen molar-refractivity contribution in [2.75, 3.05) is 11.5 Å². The highest BCUT2D eigenvalue weighted by Gasteiger charge is 2.25. The average molecular weight is 543 g/mol. The van der Waals surface area contributed by atoms with E-state index in [0.29, 0.717) is 12.8 Å². The molecule has 0 aliphatic rings. The van der Waals surface area contributed by atoms with Gasteiger partial charge < -0.3 is 0 Å². The molecule has 0 unspecified atom stereocenters. The molecule has 1 aromatic carbocycles. The number of unbranched alkanes of at least 4 members (excludes halogenated alkanes) is 18. The van der Waals surface area contributed by atoms with Crippen LogP contribution in [-0.2, 0) is 19.7 Å². The van der Waals surface area contributed by atoms with E-state index < -0.39 is 19.7 Å². The van der Waals surface area contributed by atoms with Gasteiger partial charge in [-0.1, -0.05) is 142 Å². The van der Waals surface area contributed by atoms with Crippen molar-refractivity contribution in [1.82, 2.24) is 0 Å². The minimum absolute atomic E-state index is 0.00648.